The van der Waals surface area contributed by atoms with Crippen LogP contribution in [0.5, 0.6) is 0 Å². The average molecular weight is 264 g/mol. The van der Waals surface area contributed by atoms with Crippen LogP contribution in [-0.4, -0.2) is 27.6 Å². The Labute approximate surface area is 108 Å². The van der Waals surface area contributed by atoms with Gasteiger partial charge in [0, 0.05) is 18.5 Å². The normalized spacial score (nSPS) is 16.5. The first-order chi connectivity index (χ1) is 9.11. The lowest BCUT2D eigenvalue weighted by Gasteiger charge is -2.19. The van der Waals surface area contributed by atoms with Crippen LogP contribution in [0.3, 0.4) is 0 Å². The second-order valence-corrected chi connectivity index (χ2v) is 4.33. The molecule has 0 amide bonds. The highest BCUT2D eigenvalue weighted by molar-refractivity contribution is 5.85. The third-order valence-electron chi connectivity index (χ3n) is 3.31. The number of hydrogen-bond acceptors (Lipinski definition) is 5. The first kappa shape index (κ1) is 11.8. The predicted molar refractivity (Wildman–Crippen MR) is 62.6 cm³/mol. The van der Waals surface area contributed by atoms with Crippen LogP contribution in [0.2, 0.25) is 0 Å². The highest BCUT2D eigenvalue weighted by Gasteiger charge is 2.31. The Kier molecular flexibility index (Phi) is 2.55. The van der Waals surface area contributed by atoms with Gasteiger partial charge in [0.2, 0.25) is 17.9 Å². The molecule has 0 radical (unpaired) electrons. The monoisotopic (exact) mass is 264 g/mol. The molecule has 0 bridgehead atoms. The maximum absolute atomic E-state index is 12.1. The summed E-state index contributed by atoms with van der Waals surface area (Å²) in [5.74, 6) is 0.0205. The Balaban J connectivity index is 2.20. The number of nitrogens with zero attached hydrogens (tertiary/aromatic N) is 2. The SMILES string of the molecule is CCn1nc(C(=O)O)c(=O)c2c1CC1=C(C2)OCO1. The number of rotatable bonds is 2. The molecule has 1 aromatic rings. The molecular weight excluding hydrogens is 252 g/mol. The summed E-state index contributed by atoms with van der Waals surface area (Å²) < 4.78 is 12.2. The molecule has 1 N–H and O–H groups in total. The number of fused-ring (bicyclic) bond motifs is 1. The first-order valence-corrected chi connectivity index (χ1v) is 5.95. The van der Waals surface area contributed by atoms with E-state index in [0.717, 1.165) is 0 Å². The minimum atomic E-state index is -1.31. The molecule has 1 aromatic heterocycles. The number of carboxylic acids is 1. The number of aromatic carboxylic acids is 1. The minimum absolute atomic E-state index is 0.151. The summed E-state index contributed by atoms with van der Waals surface area (Å²) in [6.07, 6.45) is 0.687. The third kappa shape index (κ3) is 1.69. The van der Waals surface area contributed by atoms with E-state index in [1.54, 1.807) is 4.68 Å². The number of carboxylic acid groups (broad SMARTS) is 1. The van der Waals surface area contributed by atoms with Gasteiger partial charge in [0.25, 0.3) is 0 Å². The van der Waals surface area contributed by atoms with Crippen molar-refractivity contribution in [3.8, 4) is 0 Å². The average Bonchev–Trinajstić information content (AvgIpc) is 2.84. The molecule has 19 heavy (non-hydrogen) atoms. The molecule has 0 unspecified atom stereocenters. The fourth-order valence-corrected chi connectivity index (χ4v) is 2.38. The lowest BCUT2D eigenvalue weighted by Crippen LogP contribution is -2.31. The number of allylic oxidation sites excluding steroid dienone is 2. The molecule has 2 aliphatic rings. The maximum atomic E-state index is 12.1. The van der Waals surface area contributed by atoms with E-state index in [0.29, 0.717) is 35.7 Å². The number of carbonyl (C=O) groups is 1. The van der Waals surface area contributed by atoms with Crippen molar-refractivity contribution in [2.45, 2.75) is 26.3 Å². The maximum Gasteiger partial charge on any atom is 0.360 e. The second kappa shape index (κ2) is 4.11. The molecule has 0 aromatic carbocycles. The molecule has 100 valence electrons. The van der Waals surface area contributed by atoms with Crippen molar-refractivity contribution < 1.29 is 19.4 Å². The van der Waals surface area contributed by atoms with Gasteiger partial charge >= 0.3 is 5.97 Å². The molecule has 2 heterocycles. The summed E-state index contributed by atoms with van der Waals surface area (Å²) in [5, 5.41) is 12.9. The van der Waals surface area contributed by atoms with Gasteiger partial charge in [-0.2, -0.15) is 5.10 Å². The molecule has 0 saturated heterocycles. The van der Waals surface area contributed by atoms with Crippen LogP contribution in [-0.2, 0) is 28.9 Å². The highest BCUT2D eigenvalue weighted by atomic mass is 16.7. The standard InChI is InChI=1S/C12H12N2O5/c1-2-14-7-4-9-8(18-5-19-9)3-6(7)11(15)10(13-14)12(16)17/h2-5H2,1H3,(H,16,17). The van der Waals surface area contributed by atoms with E-state index in [1.165, 1.54) is 0 Å². The van der Waals surface area contributed by atoms with Crippen molar-refractivity contribution in [1.29, 1.82) is 0 Å². The van der Waals surface area contributed by atoms with Crippen molar-refractivity contribution >= 4 is 5.97 Å². The molecule has 0 spiro atoms. The smallest absolute Gasteiger partial charge is 0.360 e. The molecule has 1 aliphatic heterocycles. The van der Waals surface area contributed by atoms with Crippen LogP contribution >= 0.6 is 0 Å². The van der Waals surface area contributed by atoms with Gasteiger partial charge in [-0.3, -0.25) is 9.48 Å². The van der Waals surface area contributed by atoms with Gasteiger partial charge in [-0.05, 0) is 6.92 Å². The zero-order valence-electron chi connectivity index (χ0n) is 10.3. The molecular formula is C12H12N2O5. The quantitative estimate of drug-likeness (QED) is 0.824. The lowest BCUT2D eigenvalue weighted by molar-refractivity contribution is 0.0683. The van der Waals surface area contributed by atoms with Crippen LogP contribution in [0.4, 0.5) is 0 Å². The molecule has 0 atom stereocenters. The summed E-state index contributed by atoms with van der Waals surface area (Å²) >= 11 is 0. The van der Waals surface area contributed by atoms with E-state index in [1.807, 2.05) is 6.92 Å². The van der Waals surface area contributed by atoms with Crippen molar-refractivity contribution in [1.82, 2.24) is 9.78 Å². The first-order valence-electron chi connectivity index (χ1n) is 5.95. The zero-order chi connectivity index (χ0) is 13.6. The molecule has 3 rings (SSSR count). The van der Waals surface area contributed by atoms with Crippen molar-refractivity contribution in [2.24, 2.45) is 0 Å². The van der Waals surface area contributed by atoms with E-state index in [9.17, 15) is 9.59 Å². The van der Waals surface area contributed by atoms with Crippen molar-refractivity contribution in [3.63, 3.8) is 0 Å². The Bertz CT molecular complexity index is 659. The van der Waals surface area contributed by atoms with Crippen LogP contribution in [0.15, 0.2) is 16.3 Å². The Morgan fingerprint density at radius 1 is 1.37 bits per heavy atom. The van der Waals surface area contributed by atoms with Gasteiger partial charge in [-0.15, -0.1) is 0 Å². The van der Waals surface area contributed by atoms with E-state index in [4.69, 9.17) is 14.6 Å². The zero-order valence-corrected chi connectivity index (χ0v) is 10.3. The second-order valence-electron chi connectivity index (χ2n) is 4.33. The largest absolute Gasteiger partial charge is 0.476 e. The molecule has 7 nitrogen and oxygen atoms in total. The number of aromatic nitrogens is 2. The van der Waals surface area contributed by atoms with Gasteiger partial charge < -0.3 is 14.6 Å². The fraction of sp³-hybridized carbons (Fsp3) is 0.417. The fourth-order valence-electron chi connectivity index (χ4n) is 2.38. The number of hydrogen-bond donors (Lipinski definition) is 1. The summed E-state index contributed by atoms with van der Waals surface area (Å²) in [6, 6.07) is 0. The van der Waals surface area contributed by atoms with Crippen LogP contribution in [0.25, 0.3) is 0 Å². The summed E-state index contributed by atoms with van der Waals surface area (Å²) in [6.45, 7) is 2.49. The predicted octanol–water partition coefficient (Wildman–Crippen LogP) is 0.276. The molecule has 0 fully saturated rings. The molecule has 7 heteroatoms. The number of aryl methyl sites for hydroxylation is 1. The van der Waals surface area contributed by atoms with E-state index < -0.39 is 17.1 Å². The molecule has 1 aliphatic carbocycles. The van der Waals surface area contributed by atoms with E-state index in [2.05, 4.69) is 5.10 Å². The summed E-state index contributed by atoms with van der Waals surface area (Å²) in [4.78, 5) is 23.2. The number of ether oxygens (including phenoxy) is 2. The topological polar surface area (TPSA) is 90.7 Å². The Morgan fingerprint density at radius 2 is 2.05 bits per heavy atom. The van der Waals surface area contributed by atoms with Gasteiger partial charge in [-0.1, -0.05) is 0 Å². The van der Waals surface area contributed by atoms with Crippen molar-refractivity contribution in [2.75, 3.05) is 6.79 Å². The minimum Gasteiger partial charge on any atom is -0.476 e. The summed E-state index contributed by atoms with van der Waals surface area (Å²) in [5.41, 5.74) is 0.179. The van der Waals surface area contributed by atoms with Crippen LogP contribution < -0.4 is 5.43 Å². The van der Waals surface area contributed by atoms with Crippen LogP contribution in [0, 0.1) is 0 Å². The van der Waals surface area contributed by atoms with Crippen LogP contribution in [0.1, 0.15) is 28.7 Å². The van der Waals surface area contributed by atoms with E-state index >= 15 is 0 Å². The Morgan fingerprint density at radius 3 is 2.68 bits per heavy atom. The Hall–Kier alpha value is -2.31. The van der Waals surface area contributed by atoms with Gasteiger partial charge in [0.05, 0.1) is 12.1 Å². The van der Waals surface area contributed by atoms with Crippen molar-refractivity contribution in [3.05, 3.63) is 38.7 Å². The van der Waals surface area contributed by atoms with E-state index in [-0.39, 0.29) is 13.2 Å². The third-order valence-corrected chi connectivity index (χ3v) is 3.31. The summed E-state index contributed by atoms with van der Waals surface area (Å²) in [7, 11) is 0. The van der Waals surface area contributed by atoms with Gasteiger partial charge in [0.15, 0.2) is 0 Å². The molecule has 0 saturated carbocycles. The van der Waals surface area contributed by atoms with Gasteiger partial charge in [0.1, 0.15) is 11.5 Å². The van der Waals surface area contributed by atoms with Gasteiger partial charge in [-0.25, -0.2) is 4.79 Å². The highest BCUT2D eigenvalue weighted by Crippen LogP contribution is 2.29. The lowest BCUT2D eigenvalue weighted by atomic mass is 9.98.